The minimum Gasteiger partial charge on any atom is -0.494 e. The summed E-state index contributed by atoms with van der Waals surface area (Å²) < 4.78 is 5.07. The topological polar surface area (TPSA) is 58.6 Å². The number of carbonyl (C=O) groups is 1. The highest BCUT2D eigenvalue weighted by Gasteiger charge is 2.23. The number of hydrogen-bond donors (Lipinski definition) is 2. The van der Waals surface area contributed by atoms with Crippen molar-refractivity contribution in [1.82, 2.24) is 5.32 Å². The number of nitrogens with one attached hydrogen (secondary N) is 1. The number of benzene rings is 1. The molecule has 1 aliphatic carbocycles. The Labute approximate surface area is 134 Å². The third-order valence-electron chi connectivity index (χ3n) is 3.90. The van der Waals surface area contributed by atoms with Crippen molar-refractivity contribution in [2.45, 2.75) is 31.7 Å². The number of aliphatic hydroxyl groups excluding tert-OH is 1. The Balaban J connectivity index is 2.01. The Morgan fingerprint density at radius 3 is 2.33 bits per heavy atom. The first-order chi connectivity index (χ1) is 10.0. The van der Waals surface area contributed by atoms with Crippen molar-refractivity contribution >= 4 is 29.1 Å². The van der Waals surface area contributed by atoms with E-state index in [4.69, 9.17) is 33.0 Å². The molecule has 1 fully saturated rings. The van der Waals surface area contributed by atoms with Gasteiger partial charge in [0.2, 0.25) is 0 Å². The summed E-state index contributed by atoms with van der Waals surface area (Å²) in [6.07, 6.45) is 3.64. The summed E-state index contributed by atoms with van der Waals surface area (Å²) in [4.78, 5) is 12.2. The van der Waals surface area contributed by atoms with Crippen molar-refractivity contribution < 1.29 is 14.6 Å². The number of ether oxygens (including phenoxy) is 1. The van der Waals surface area contributed by atoms with Crippen LogP contribution in [0.15, 0.2) is 12.1 Å². The smallest absolute Gasteiger partial charge is 0.251 e. The lowest BCUT2D eigenvalue weighted by atomic mass is 9.86. The Hall–Kier alpha value is -0.970. The maximum absolute atomic E-state index is 12.2. The number of hydrogen-bond acceptors (Lipinski definition) is 3. The van der Waals surface area contributed by atoms with E-state index < -0.39 is 0 Å². The van der Waals surface area contributed by atoms with Crippen molar-refractivity contribution in [3.8, 4) is 5.75 Å². The summed E-state index contributed by atoms with van der Waals surface area (Å²) in [5.41, 5.74) is 0.426. The van der Waals surface area contributed by atoms with E-state index in [9.17, 15) is 4.79 Å². The molecule has 0 aliphatic heterocycles. The highest BCUT2D eigenvalue weighted by molar-refractivity contribution is 6.37. The number of aliphatic hydroxyl groups is 1. The van der Waals surface area contributed by atoms with Gasteiger partial charge < -0.3 is 15.2 Å². The van der Waals surface area contributed by atoms with Gasteiger partial charge in [0.25, 0.3) is 5.91 Å². The van der Waals surface area contributed by atoms with Crippen molar-refractivity contribution in [2.24, 2.45) is 5.92 Å². The lowest BCUT2D eigenvalue weighted by Crippen LogP contribution is -2.38. The van der Waals surface area contributed by atoms with Crippen LogP contribution in [0, 0.1) is 5.92 Å². The highest BCUT2D eigenvalue weighted by atomic mass is 35.5. The average molecular weight is 332 g/mol. The zero-order valence-corrected chi connectivity index (χ0v) is 13.4. The van der Waals surface area contributed by atoms with Crippen LogP contribution in [0.2, 0.25) is 10.0 Å². The minimum absolute atomic E-state index is 0.139. The van der Waals surface area contributed by atoms with Gasteiger partial charge in [-0.2, -0.15) is 0 Å². The van der Waals surface area contributed by atoms with Gasteiger partial charge in [-0.1, -0.05) is 23.2 Å². The molecule has 1 aromatic rings. The van der Waals surface area contributed by atoms with Gasteiger partial charge in [0.1, 0.15) is 0 Å². The quantitative estimate of drug-likeness (QED) is 0.890. The van der Waals surface area contributed by atoms with Crippen molar-refractivity contribution in [3.63, 3.8) is 0 Å². The summed E-state index contributed by atoms with van der Waals surface area (Å²) in [5.74, 6) is 0.551. The van der Waals surface area contributed by atoms with Crippen LogP contribution in [0.3, 0.4) is 0 Å². The van der Waals surface area contributed by atoms with Gasteiger partial charge in [-0.3, -0.25) is 4.79 Å². The Morgan fingerprint density at radius 1 is 1.29 bits per heavy atom. The molecule has 2 rings (SSSR count). The molecule has 1 saturated carbocycles. The summed E-state index contributed by atoms with van der Waals surface area (Å²) >= 11 is 12.1. The first kappa shape index (κ1) is 16.4. The fourth-order valence-corrected chi connectivity index (χ4v) is 3.29. The second-order valence-corrected chi connectivity index (χ2v) is 6.16. The average Bonchev–Trinajstić information content (AvgIpc) is 2.47. The molecule has 0 saturated heterocycles. The Morgan fingerprint density at radius 2 is 1.86 bits per heavy atom. The molecule has 6 heteroatoms. The summed E-state index contributed by atoms with van der Waals surface area (Å²) in [5, 5.41) is 12.7. The third kappa shape index (κ3) is 4.02. The molecule has 0 heterocycles. The normalized spacial score (nSPS) is 21.9. The van der Waals surface area contributed by atoms with Crippen molar-refractivity contribution in [2.75, 3.05) is 13.7 Å². The van der Waals surface area contributed by atoms with Crippen molar-refractivity contribution in [1.29, 1.82) is 0 Å². The van der Waals surface area contributed by atoms with E-state index in [-0.39, 0.29) is 18.6 Å². The van der Waals surface area contributed by atoms with Crippen LogP contribution in [0.1, 0.15) is 36.0 Å². The maximum atomic E-state index is 12.2. The molecule has 116 valence electrons. The van der Waals surface area contributed by atoms with Crippen LogP contribution in [-0.2, 0) is 0 Å². The van der Waals surface area contributed by atoms with E-state index in [0.29, 0.717) is 27.3 Å². The van der Waals surface area contributed by atoms with Gasteiger partial charge in [0.05, 0.1) is 17.2 Å². The lowest BCUT2D eigenvalue weighted by molar-refractivity contribution is 0.0914. The minimum atomic E-state index is -0.186. The molecule has 4 nitrogen and oxygen atoms in total. The number of rotatable bonds is 4. The first-order valence-corrected chi connectivity index (χ1v) is 7.75. The number of methoxy groups -OCH3 is 1. The standard InChI is InChI=1S/C15H19Cl2NO3/c1-21-14-12(16)6-10(7-13(14)17)15(20)18-11-4-2-9(8-19)3-5-11/h6-7,9,11,19H,2-5,8H2,1H3,(H,18,20). The van der Waals surface area contributed by atoms with Crippen LogP contribution in [0.4, 0.5) is 0 Å². The third-order valence-corrected chi connectivity index (χ3v) is 4.47. The molecule has 0 aromatic heterocycles. The predicted molar refractivity (Wildman–Crippen MR) is 83.3 cm³/mol. The lowest BCUT2D eigenvalue weighted by Gasteiger charge is -2.28. The van der Waals surface area contributed by atoms with Crippen LogP contribution in [-0.4, -0.2) is 30.8 Å². The molecule has 1 aliphatic rings. The number of carbonyl (C=O) groups excluding carboxylic acids is 1. The van der Waals surface area contributed by atoms with E-state index in [1.165, 1.54) is 7.11 Å². The Kier molecular flexibility index (Phi) is 5.73. The summed E-state index contributed by atoms with van der Waals surface area (Å²) in [6, 6.07) is 3.25. The SMILES string of the molecule is COc1c(Cl)cc(C(=O)NC2CCC(CO)CC2)cc1Cl. The van der Waals surface area contributed by atoms with E-state index in [1.54, 1.807) is 12.1 Å². The Bertz CT molecular complexity index is 491. The zero-order valence-electron chi connectivity index (χ0n) is 11.9. The molecule has 1 aromatic carbocycles. The van der Waals surface area contributed by atoms with Gasteiger partial charge in [-0.25, -0.2) is 0 Å². The molecule has 0 spiro atoms. The molecule has 0 bridgehead atoms. The van der Waals surface area contributed by atoms with Gasteiger partial charge in [0.15, 0.2) is 5.75 Å². The van der Waals surface area contributed by atoms with Crippen LogP contribution in [0.5, 0.6) is 5.75 Å². The van der Waals surface area contributed by atoms with E-state index >= 15 is 0 Å². The summed E-state index contributed by atoms with van der Waals surface area (Å²) in [6.45, 7) is 0.227. The molecule has 21 heavy (non-hydrogen) atoms. The molecule has 0 atom stereocenters. The van der Waals surface area contributed by atoms with Gasteiger partial charge in [-0.05, 0) is 43.7 Å². The fourth-order valence-electron chi connectivity index (χ4n) is 2.64. The first-order valence-electron chi connectivity index (χ1n) is 7.00. The van der Waals surface area contributed by atoms with E-state index in [2.05, 4.69) is 5.32 Å². The molecular formula is C15H19Cl2NO3. The highest BCUT2D eigenvalue weighted by Crippen LogP contribution is 2.34. The molecular weight excluding hydrogens is 313 g/mol. The monoisotopic (exact) mass is 331 g/mol. The fraction of sp³-hybridized carbons (Fsp3) is 0.533. The van der Waals surface area contributed by atoms with Gasteiger partial charge in [-0.15, -0.1) is 0 Å². The molecule has 0 unspecified atom stereocenters. The molecule has 2 N–H and O–H groups in total. The molecule has 0 radical (unpaired) electrons. The van der Waals surface area contributed by atoms with Crippen LogP contribution in [0.25, 0.3) is 0 Å². The molecule has 1 amide bonds. The van der Waals surface area contributed by atoms with Crippen LogP contribution >= 0.6 is 23.2 Å². The number of amides is 1. The largest absolute Gasteiger partial charge is 0.494 e. The second kappa shape index (κ2) is 7.34. The van der Waals surface area contributed by atoms with Gasteiger partial charge in [0, 0.05) is 18.2 Å². The second-order valence-electron chi connectivity index (χ2n) is 5.35. The van der Waals surface area contributed by atoms with Crippen LogP contribution < -0.4 is 10.1 Å². The van der Waals surface area contributed by atoms with Gasteiger partial charge >= 0.3 is 0 Å². The predicted octanol–water partition coefficient (Wildman–Crippen LogP) is 3.28. The zero-order chi connectivity index (χ0) is 15.4. The van der Waals surface area contributed by atoms with Crippen molar-refractivity contribution in [3.05, 3.63) is 27.7 Å². The maximum Gasteiger partial charge on any atom is 0.251 e. The summed E-state index contributed by atoms with van der Waals surface area (Å²) in [7, 11) is 1.48. The van der Waals surface area contributed by atoms with E-state index in [0.717, 1.165) is 25.7 Å². The van der Waals surface area contributed by atoms with E-state index in [1.807, 2.05) is 0 Å². The number of halogens is 2.